The summed E-state index contributed by atoms with van der Waals surface area (Å²) in [6.45, 7) is 5.14. The Morgan fingerprint density at radius 2 is 2.12 bits per heavy atom. The molecule has 0 aliphatic carbocycles. The topological polar surface area (TPSA) is 47.1 Å². The Morgan fingerprint density at radius 3 is 2.76 bits per heavy atom. The molecule has 0 amide bonds. The number of nitrogens with two attached hydrogens (primary N) is 1. The highest BCUT2D eigenvalue weighted by Crippen LogP contribution is 2.21. The van der Waals surface area contributed by atoms with Crippen LogP contribution in [0.2, 0.25) is 0 Å². The molecule has 0 aliphatic heterocycles. The van der Waals surface area contributed by atoms with Crippen LogP contribution in [0, 0.1) is 6.92 Å². The van der Waals surface area contributed by atoms with E-state index in [2.05, 4.69) is 48.5 Å². The highest BCUT2D eigenvalue weighted by atomic mass is 15.2. The number of anilines is 1. The Labute approximate surface area is 102 Å². The molecule has 1 heterocycles. The number of aryl methyl sites for hydroxylation is 1. The first kappa shape index (κ1) is 11.9. The van der Waals surface area contributed by atoms with E-state index >= 15 is 0 Å². The molecule has 4 heteroatoms. The third-order valence-corrected chi connectivity index (χ3v) is 3.33. The van der Waals surface area contributed by atoms with Crippen LogP contribution in [0.3, 0.4) is 0 Å². The quantitative estimate of drug-likeness (QED) is 0.879. The number of hydrogen-bond acceptors (Lipinski definition) is 3. The van der Waals surface area contributed by atoms with Crippen molar-refractivity contribution in [1.29, 1.82) is 0 Å². The lowest BCUT2D eigenvalue weighted by Crippen LogP contribution is -2.29. The first-order valence-corrected chi connectivity index (χ1v) is 5.88. The molecule has 2 rings (SSSR count). The minimum atomic E-state index is 0.425. The van der Waals surface area contributed by atoms with Gasteiger partial charge in [0.1, 0.15) is 0 Å². The lowest BCUT2D eigenvalue weighted by molar-refractivity contribution is 0.287. The van der Waals surface area contributed by atoms with Gasteiger partial charge in [0.25, 0.3) is 0 Å². The number of para-hydroxylation sites is 1. The molecule has 1 aromatic carbocycles. The number of hydrogen-bond donors (Lipinski definition) is 1. The van der Waals surface area contributed by atoms with E-state index in [1.165, 1.54) is 5.56 Å². The fourth-order valence-electron chi connectivity index (χ4n) is 2.00. The summed E-state index contributed by atoms with van der Waals surface area (Å²) in [5, 5.41) is 0. The van der Waals surface area contributed by atoms with Crippen LogP contribution in [-0.2, 0) is 6.54 Å². The molecule has 0 bridgehead atoms. The van der Waals surface area contributed by atoms with Gasteiger partial charge in [0.15, 0.2) is 0 Å². The molecule has 92 valence electrons. The summed E-state index contributed by atoms with van der Waals surface area (Å²) in [5.74, 6) is 0.600. The van der Waals surface area contributed by atoms with E-state index in [1.54, 1.807) is 0 Å². The Balaban J connectivity index is 2.49. The van der Waals surface area contributed by atoms with Gasteiger partial charge in [0, 0.05) is 12.6 Å². The highest BCUT2D eigenvalue weighted by Gasteiger charge is 2.13. The predicted octanol–water partition coefficient (Wildman–Crippen LogP) is 1.88. The molecular formula is C13H20N4. The van der Waals surface area contributed by atoms with Gasteiger partial charge in [-0.15, -0.1) is 0 Å². The van der Waals surface area contributed by atoms with Crippen LogP contribution in [0.4, 0.5) is 5.95 Å². The lowest BCUT2D eigenvalue weighted by atomic mass is 10.2. The van der Waals surface area contributed by atoms with Crippen molar-refractivity contribution < 1.29 is 0 Å². The summed E-state index contributed by atoms with van der Waals surface area (Å²) in [5.41, 5.74) is 9.36. The zero-order valence-corrected chi connectivity index (χ0v) is 10.9. The number of nitrogens with zero attached hydrogens (tertiary/aromatic N) is 3. The Bertz CT molecular complexity index is 527. The van der Waals surface area contributed by atoms with Gasteiger partial charge in [-0.05, 0) is 39.6 Å². The molecule has 1 unspecified atom stereocenters. The molecule has 0 saturated heterocycles. The predicted molar refractivity (Wildman–Crippen MR) is 72.0 cm³/mol. The van der Waals surface area contributed by atoms with E-state index in [1.807, 2.05) is 12.1 Å². The van der Waals surface area contributed by atoms with Gasteiger partial charge >= 0.3 is 0 Å². The number of aromatic nitrogens is 2. The van der Waals surface area contributed by atoms with Gasteiger partial charge in [-0.3, -0.25) is 0 Å². The molecule has 2 aromatic rings. The molecule has 0 radical (unpaired) electrons. The van der Waals surface area contributed by atoms with E-state index in [-0.39, 0.29) is 0 Å². The zero-order valence-electron chi connectivity index (χ0n) is 10.9. The maximum absolute atomic E-state index is 6.00. The van der Waals surface area contributed by atoms with Crippen molar-refractivity contribution in [3.63, 3.8) is 0 Å². The monoisotopic (exact) mass is 232 g/mol. The van der Waals surface area contributed by atoms with Crippen LogP contribution in [0.25, 0.3) is 11.0 Å². The van der Waals surface area contributed by atoms with Crippen LogP contribution in [0.5, 0.6) is 0 Å². The van der Waals surface area contributed by atoms with Crippen molar-refractivity contribution in [2.45, 2.75) is 26.4 Å². The van der Waals surface area contributed by atoms with Crippen LogP contribution in [0.1, 0.15) is 12.5 Å². The van der Waals surface area contributed by atoms with Gasteiger partial charge in [-0.1, -0.05) is 12.1 Å². The third-order valence-electron chi connectivity index (χ3n) is 3.33. The fourth-order valence-corrected chi connectivity index (χ4v) is 2.00. The van der Waals surface area contributed by atoms with Crippen LogP contribution in [0.15, 0.2) is 18.2 Å². The van der Waals surface area contributed by atoms with E-state index in [4.69, 9.17) is 5.73 Å². The van der Waals surface area contributed by atoms with E-state index in [0.717, 1.165) is 17.6 Å². The Hall–Kier alpha value is -1.55. The number of benzene rings is 1. The summed E-state index contributed by atoms with van der Waals surface area (Å²) >= 11 is 0. The van der Waals surface area contributed by atoms with Crippen molar-refractivity contribution in [3.8, 4) is 0 Å². The van der Waals surface area contributed by atoms with Crippen molar-refractivity contribution in [2.75, 3.05) is 19.8 Å². The Morgan fingerprint density at radius 1 is 1.41 bits per heavy atom. The molecule has 4 nitrogen and oxygen atoms in total. The minimum absolute atomic E-state index is 0.425. The molecule has 0 spiro atoms. The van der Waals surface area contributed by atoms with Crippen molar-refractivity contribution >= 4 is 17.0 Å². The number of likely N-dealkylation sites (N-methyl/N-ethyl adjacent to an activating group) is 1. The summed E-state index contributed by atoms with van der Waals surface area (Å²) in [4.78, 5) is 6.59. The number of imidazole rings is 1. The average Bonchev–Trinajstić information content (AvgIpc) is 2.56. The zero-order chi connectivity index (χ0) is 12.6. The molecule has 2 N–H and O–H groups in total. The van der Waals surface area contributed by atoms with Crippen molar-refractivity contribution in [1.82, 2.24) is 14.5 Å². The minimum Gasteiger partial charge on any atom is -0.369 e. The standard InChI is InChI=1S/C13H20N4/c1-9-6-5-7-11-12(9)17(13(14)15-11)8-10(2)16(3)4/h5-7,10H,8H2,1-4H3,(H2,14,15). The Kier molecular flexibility index (Phi) is 3.07. The van der Waals surface area contributed by atoms with Gasteiger partial charge in [0.05, 0.1) is 11.0 Å². The number of fused-ring (bicyclic) bond motifs is 1. The molecule has 1 aromatic heterocycles. The fraction of sp³-hybridized carbons (Fsp3) is 0.462. The second-order valence-corrected chi connectivity index (χ2v) is 4.84. The summed E-state index contributed by atoms with van der Waals surface area (Å²) in [6, 6.07) is 6.55. The number of nitrogen functional groups attached to an aromatic ring is 1. The first-order valence-electron chi connectivity index (χ1n) is 5.88. The second-order valence-electron chi connectivity index (χ2n) is 4.84. The average molecular weight is 232 g/mol. The number of rotatable bonds is 3. The summed E-state index contributed by atoms with van der Waals surface area (Å²) in [6.07, 6.45) is 0. The van der Waals surface area contributed by atoms with Crippen molar-refractivity contribution in [2.24, 2.45) is 0 Å². The van der Waals surface area contributed by atoms with Crippen LogP contribution in [-0.4, -0.2) is 34.6 Å². The molecule has 0 fully saturated rings. The summed E-state index contributed by atoms with van der Waals surface area (Å²) < 4.78 is 2.11. The molecule has 0 saturated carbocycles. The second kappa shape index (κ2) is 4.37. The highest BCUT2D eigenvalue weighted by molar-refractivity contribution is 5.81. The van der Waals surface area contributed by atoms with Crippen LogP contribution < -0.4 is 5.73 Å². The lowest BCUT2D eigenvalue weighted by Gasteiger charge is -2.21. The van der Waals surface area contributed by atoms with E-state index in [9.17, 15) is 0 Å². The molecule has 1 atom stereocenters. The molecule has 0 aliphatic rings. The third kappa shape index (κ3) is 2.13. The summed E-state index contributed by atoms with van der Waals surface area (Å²) in [7, 11) is 4.15. The maximum atomic E-state index is 6.00. The van der Waals surface area contributed by atoms with E-state index in [0.29, 0.717) is 12.0 Å². The SMILES string of the molecule is Cc1cccc2nc(N)n(CC(C)N(C)C)c12. The smallest absolute Gasteiger partial charge is 0.201 e. The largest absolute Gasteiger partial charge is 0.369 e. The van der Waals surface area contributed by atoms with E-state index < -0.39 is 0 Å². The van der Waals surface area contributed by atoms with Gasteiger partial charge in [-0.2, -0.15) is 0 Å². The van der Waals surface area contributed by atoms with Gasteiger partial charge in [0.2, 0.25) is 5.95 Å². The first-order chi connectivity index (χ1) is 8.00. The van der Waals surface area contributed by atoms with Gasteiger partial charge < -0.3 is 15.2 Å². The van der Waals surface area contributed by atoms with Crippen LogP contribution >= 0.6 is 0 Å². The van der Waals surface area contributed by atoms with Crippen molar-refractivity contribution in [3.05, 3.63) is 23.8 Å². The normalized spacial score (nSPS) is 13.5. The molecular weight excluding hydrogens is 212 g/mol. The molecule has 17 heavy (non-hydrogen) atoms. The maximum Gasteiger partial charge on any atom is 0.201 e. The van der Waals surface area contributed by atoms with Gasteiger partial charge in [-0.25, -0.2) is 4.98 Å².